The van der Waals surface area contributed by atoms with Crippen LogP contribution in [0.15, 0.2) is 59.7 Å². The van der Waals surface area contributed by atoms with E-state index in [1.807, 2.05) is 0 Å². The number of ether oxygens (including phenoxy) is 1. The first kappa shape index (κ1) is 17.0. The van der Waals surface area contributed by atoms with Gasteiger partial charge < -0.3 is 4.74 Å². The Hall–Kier alpha value is -2.44. The Labute approximate surface area is 153 Å². The number of halogens is 3. The van der Waals surface area contributed by atoms with Gasteiger partial charge in [-0.1, -0.05) is 17.7 Å². The third-order valence-electron chi connectivity index (χ3n) is 4.84. The van der Waals surface area contributed by atoms with Crippen molar-refractivity contribution in [1.82, 2.24) is 9.13 Å². The van der Waals surface area contributed by atoms with E-state index in [9.17, 15) is 13.6 Å². The Morgan fingerprint density at radius 2 is 1.85 bits per heavy atom. The van der Waals surface area contributed by atoms with Gasteiger partial charge in [-0.05, 0) is 37.3 Å². The fourth-order valence-corrected chi connectivity index (χ4v) is 3.37. The zero-order valence-electron chi connectivity index (χ0n) is 13.8. The van der Waals surface area contributed by atoms with E-state index in [-0.39, 0.29) is 17.9 Å². The molecule has 0 unspecified atom stereocenters. The fraction of sp³-hybridized carbons (Fsp3) is 0.211. The van der Waals surface area contributed by atoms with Gasteiger partial charge in [0.1, 0.15) is 17.2 Å². The second-order valence-corrected chi connectivity index (χ2v) is 6.75. The van der Waals surface area contributed by atoms with Crippen LogP contribution in [0.4, 0.5) is 8.78 Å². The van der Waals surface area contributed by atoms with Gasteiger partial charge in [-0.2, -0.15) is 0 Å². The van der Waals surface area contributed by atoms with Crippen LogP contribution in [0.3, 0.4) is 0 Å². The smallest absolute Gasteiger partial charge is 0.333 e. The SMILES string of the molecule is C[C@@H](n1ccn(-c2ccc(Cl)cc2)c1=O)[C@]1(c2ccc(F)cc2F)CO1. The van der Waals surface area contributed by atoms with Gasteiger partial charge in [-0.15, -0.1) is 0 Å². The van der Waals surface area contributed by atoms with Gasteiger partial charge in [0, 0.05) is 29.0 Å². The van der Waals surface area contributed by atoms with E-state index in [0.717, 1.165) is 6.07 Å². The molecule has 0 bridgehead atoms. The van der Waals surface area contributed by atoms with Crippen molar-refractivity contribution in [2.75, 3.05) is 6.61 Å². The zero-order valence-corrected chi connectivity index (χ0v) is 14.6. The second-order valence-electron chi connectivity index (χ2n) is 6.31. The summed E-state index contributed by atoms with van der Waals surface area (Å²) in [6, 6.07) is 9.79. The molecule has 4 nitrogen and oxygen atoms in total. The molecule has 1 aliphatic rings. The summed E-state index contributed by atoms with van der Waals surface area (Å²) in [7, 11) is 0. The van der Waals surface area contributed by atoms with Crippen LogP contribution in [-0.2, 0) is 10.3 Å². The molecule has 1 aromatic heterocycles. The number of rotatable bonds is 4. The highest BCUT2D eigenvalue weighted by Crippen LogP contribution is 2.48. The molecule has 0 radical (unpaired) electrons. The average molecular weight is 377 g/mol. The minimum Gasteiger partial charge on any atom is -0.362 e. The molecular formula is C19H15ClF2N2O2. The van der Waals surface area contributed by atoms with Gasteiger partial charge in [-0.3, -0.25) is 9.13 Å². The topological polar surface area (TPSA) is 39.5 Å². The number of hydrogen-bond donors (Lipinski definition) is 0. The lowest BCUT2D eigenvalue weighted by Crippen LogP contribution is -2.32. The van der Waals surface area contributed by atoms with Gasteiger partial charge >= 0.3 is 5.69 Å². The lowest BCUT2D eigenvalue weighted by Gasteiger charge is -2.22. The maximum Gasteiger partial charge on any atom is 0.333 e. The Morgan fingerprint density at radius 3 is 2.46 bits per heavy atom. The van der Waals surface area contributed by atoms with Crippen molar-refractivity contribution >= 4 is 11.6 Å². The van der Waals surface area contributed by atoms with Crippen LogP contribution in [0.25, 0.3) is 5.69 Å². The summed E-state index contributed by atoms with van der Waals surface area (Å²) >= 11 is 5.89. The molecule has 0 amide bonds. The summed E-state index contributed by atoms with van der Waals surface area (Å²) < 4.78 is 36.0. The average Bonchev–Trinajstić information content (AvgIpc) is 3.32. The fourth-order valence-electron chi connectivity index (χ4n) is 3.24. The Kier molecular flexibility index (Phi) is 3.97. The Bertz CT molecular complexity index is 1020. The van der Waals surface area contributed by atoms with Crippen molar-refractivity contribution in [2.45, 2.75) is 18.6 Å². The molecule has 4 rings (SSSR count). The first-order chi connectivity index (χ1) is 12.4. The highest BCUT2D eigenvalue weighted by molar-refractivity contribution is 6.30. The standard InChI is InChI=1S/C19H15ClF2N2O2/c1-12(19(11-26-19)16-7-4-14(21)10-17(16)22)23-8-9-24(18(23)25)15-5-2-13(20)3-6-15/h2-10,12H,11H2,1H3/t12-,19+/m1/s1. The van der Waals surface area contributed by atoms with Crippen molar-refractivity contribution in [3.63, 3.8) is 0 Å². The maximum atomic E-state index is 14.2. The molecule has 1 fully saturated rings. The number of nitrogens with zero attached hydrogens (tertiary/aromatic N) is 2. The Morgan fingerprint density at radius 1 is 1.15 bits per heavy atom. The first-order valence-electron chi connectivity index (χ1n) is 8.07. The van der Waals surface area contributed by atoms with Crippen molar-refractivity contribution in [1.29, 1.82) is 0 Å². The summed E-state index contributed by atoms with van der Waals surface area (Å²) in [5, 5.41) is 0.576. The molecule has 0 aliphatic carbocycles. The predicted octanol–water partition coefficient (Wildman–Crippen LogP) is 4.06. The minimum atomic E-state index is -0.978. The highest BCUT2D eigenvalue weighted by Gasteiger charge is 2.54. The van der Waals surface area contributed by atoms with Crippen LogP contribution in [0.1, 0.15) is 18.5 Å². The third kappa shape index (κ3) is 2.66. The van der Waals surface area contributed by atoms with Gasteiger partial charge in [-0.25, -0.2) is 13.6 Å². The van der Waals surface area contributed by atoms with E-state index < -0.39 is 23.3 Å². The number of epoxide rings is 1. The van der Waals surface area contributed by atoms with Gasteiger partial charge in [0.2, 0.25) is 0 Å². The monoisotopic (exact) mass is 376 g/mol. The van der Waals surface area contributed by atoms with Crippen molar-refractivity contribution < 1.29 is 13.5 Å². The van der Waals surface area contributed by atoms with Crippen molar-refractivity contribution in [2.24, 2.45) is 0 Å². The van der Waals surface area contributed by atoms with Gasteiger partial charge in [0.05, 0.1) is 18.3 Å². The molecule has 1 aliphatic heterocycles. The van der Waals surface area contributed by atoms with Gasteiger partial charge in [0.15, 0.2) is 0 Å². The maximum absolute atomic E-state index is 14.2. The van der Waals surface area contributed by atoms with Crippen LogP contribution in [-0.4, -0.2) is 15.7 Å². The predicted molar refractivity (Wildman–Crippen MR) is 93.7 cm³/mol. The molecule has 2 aromatic carbocycles. The van der Waals surface area contributed by atoms with E-state index in [2.05, 4.69) is 0 Å². The van der Waals surface area contributed by atoms with Crippen LogP contribution >= 0.6 is 11.6 Å². The summed E-state index contributed by atoms with van der Waals surface area (Å²) in [6.07, 6.45) is 3.27. The third-order valence-corrected chi connectivity index (χ3v) is 5.09. The molecule has 7 heteroatoms. The minimum absolute atomic E-state index is 0.248. The summed E-state index contributed by atoms with van der Waals surface area (Å²) in [6.45, 7) is 2.04. The molecule has 0 spiro atoms. The molecular weight excluding hydrogens is 362 g/mol. The number of aromatic nitrogens is 2. The normalized spacial score (nSPS) is 20.2. The summed E-state index contributed by atoms with van der Waals surface area (Å²) in [5.74, 6) is -1.33. The molecule has 2 heterocycles. The van der Waals surface area contributed by atoms with Crippen molar-refractivity contribution in [3.05, 3.63) is 87.6 Å². The largest absolute Gasteiger partial charge is 0.362 e. The van der Waals surface area contributed by atoms with E-state index >= 15 is 0 Å². The number of benzene rings is 2. The van der Waals surface area contributed by atoms with Crippen LogP contribution in [0, 0.1) is 11.6 Å². The Balaban J connectivity index is 1.72. The van der Waals surface area contributed by atoms with Crippen LogP contribution in [0.2, 0.25) is 5.02 Å². The summed E-state index contributed by atoms with van der Waals surface area (Å²) in [5.41, 5.74) is -0.341. The van der Waals surface area contributed by atoms with E-state index in [1.165, 1.54) is 21.3 Å². The zero-order chi connectivity index (χ0) is 18.5. The van der Waals surface area contributed by atoms with E-state index in [1.54, 1.807) is 43.6 Å². The molecule has 26 heavy (non-hydrogen) atoms. The quantitative estimate of drug-likeness (QED) is 0.644. The molecule has 0 N–H and O–H groups in total. The molecule has 1 saturated heterocycles. The second kappa shape index (κ2) is 6.07. The highest BCUT2D eigenvalue weighted by atomic mass is 35.5. The molecule has 0 saturated carbocycles. The lowest BCUT2D eigenvalue weighted by molar-refractivity contribution is 0.222. The summed E-state index contributed by atoms with van der Waals surface area (Å²) in [4.78, 5) is 12.8. The molecule has 2 atom stereocenters. The molecule has 134 valence electrons. The van der Waals surface area contributed by atoms with E-state index in [0.29, 0.717) is 10.7 Å². The van der Waals surface area contributed by atoms with Crippen molar-refractivity contribution in [3.8, 4) is 5.69 Å². The van der Waals surface area contributed by atoms with Crippen LogP contribution in [0.5, 0.6) is 0 Å². The number of imidazole rings is 1. The number of hydrogen-bond acceptors (Lipinski definition) is 2. The lowest BCUT2D eigenvalue weighted by atomic mass is 9.92. The van der Waals surface area contributed by atoms with Gasteiger partial charge in [0.25, 0.3) is 0 Å². The van der Waals surface area contributed by atoms with Crippen LogP contribution < -0.4 is 5.69 Å². The van der Waals surface area contributed by atoms with E-state index in [4.69, 9.17) is 16.3 Å². The first-order valence-corrected chi connectivity index (χ1v) is 8.45. The molecule has 3 aromatic rings.